The van der Waals surface area contributed by atoms with Crippen LogP contribution in [-0.4, -0.2) is 57.8 Å². The first-order valence-electron chi connectivity index (χ1n) is 10.1. The Labute approximate surface area is 169 Å². The van der Waals surface area contributed by atoms with Crippen molar-refractivity contribution in [2.24, 2.45) is 5.41 Å². The van der Waals surface area contributed by atoms with Gasteiger partial charge in [0.05, 0.1) is 0 Å². The minimum atomic E-state index is -0.581. The van der Waals surface area contributed by atoms with Gasteiger partial charge in [-0.05, 0) is 54.9 Å². The van der Waals surface area contributed by atoms with Gasteiger partial charge >= 0.3 is 0 Å². The minimum Gasteiger partial charge on any atom is -0.342 e. The molecule has 2 aromatic heterocycles. The average molecular weight is 396 g/mol. The van der Waals surface area contributed by atoms with Crippen LogP contribution in [0.1, 0.15) is 41.7 Å². The largest absolute Gasteiger partial charge is 0.342 e. The molecule has 0 N–H and O–H groups in total. The predicted molar refractivity (Wildman–Crippen MR) is 106 cm³/mol. The highest BCUT2D eigenvalue weighted by atomic mass is 19.1. The Bertz CT molecular complexity index is 881. The molecule has 0 aromatic carbocycles. The summed E-state index contributed by atoms with van der Waals surface area (Å²) < 4.78 is 13.9. The Morgan fingerprint density at radius 3 is 2.66 bits per heavy atom. The Balaban J connectivity index is 1.36. The summed E-state index contributed by atoms with van der Waals surface area (Å²) in [4.78, 5) is 36.7. The maximum atomic E-state index is 13.9. The molecule has 2 amide bonds. The fourth-order valence-electron chi connectivity index (χ4n) is 4.40. The van der Waals surface area contributed by atoms with Gasteiger partial charge in [-0.3, -0.25) is 14.6 Å². The zero-order chi connectivity index (χ0) is 20.3. The molecule has 0 bridgehead atoms. The first kappa shape index (κ1) is 19.5. The van der Waals surface area contributed by atoms with Crippen molar-refractivity contribution in [2.45, 2.75) is 32.1 Å². The second-order valence-electron chi connectivity index (χ2n) is 8.05. The molecule has 152 valence electrons. The lowest BCUT2D eigenvalue weighted by Crippen LogP contribution is -2.52. The number of halogens is 1. The van der Waals surface area contributed by atoms with Gasteiger partial charge in [-0.25, -0.2) is 9.37 Å². The number of carbonyl (C=O) groups is 2. The number of aromatic nitrogens is 2. The molecule has 1 spiro atoms. The van der Waals surface area contributed by atoms with Crippen molar-refractivity contribution in [1.82, 2.24) is 19.8 Å². The number of nitrogens with zero attached hydrogens (tertiary/aromatic N) is 4. The van der Waals surface area contributed by atoms with E-state index in [1.807, 2.05) is 23.2 Å². The van der Waals surface area contributed by atoms with Crippen LogP contribution in [0.4, 0.5) is 4.39 Å². The Morgan fingerprint density at radius 2 is 1.93 bits per heavy atom. The summed E-state index contributed by atoms with van der Waals surface area (Å²) in [5.74, 6) is -0.727. The molecule has 4 heterocycles. The van der Waals surface area contributed by atoms with E-state index in [-0.39, 0.29) is 22.9 Å². The van der Waals surface area contributed by atoms with Gasteiger partial charge in [-0.2, -0.15) is 0 Å². The lowest BCUT2D eigenvalue weighted by molar-refractivity contribution is -0.138. The Hall–Kier alpha value is -2.83. The standard InChI is InChI=1S/C22H25FN4O2/c23-18-4-2-11-25-20(18)21(29)26-13-8-22(9-14-26)7-5-19(28)27(16-22)12-6-17-3-1-10-24-15-17/h1-4,10-11,15H,5-9,12-14,16H2. The number of likely N-dealkylation sites (tertiary alicyclic amines) is 2. The lowest BCUT2D eigenvalue weighted by atomic mass is 9.72. The maximum absolute atomic E-state index is 13.9. The molecular formula is C22H25FN4O2. The Kier molecular flexibility index (Phi) is 5.56. The average Bonchev–Trinajstić information content (AvgIpc) is 2.76. The van der Waals surface area contributed by atoms with E-state index in [0.717, 1.165) is 37.8 Å². The normalized spacial score (nSPS) is 18.9. The summed E-state index contributed by atoms with van der Waals surface area (Å²) in [5.41, 5.74) is 1.06. The third-order valence-electron chi connectivity index (χ3n) is 6.21. The van der Waals surface area contributed by atoms with E-state index in [1.54, 1.807) is 11.1 Å². The van der Waals surface area contributed by atoms with Crippen molar-refractivity contribution >= 4 is 11.8 Å². The predicted octanol–water partition coefficient (Wildman–Crippen LogP) is 2.70. The van der Waals surface area contributed by atoms with Gasteiger partial charge in [0.2, 0.25) is 5.91 Å². The lowest BCUT2D eigenvalue weighted by Gasteiger charge is -2.47. The zero-order valence-corrected chi connectivity index (χ0v) is 16.4. The van der Waals surface area contributed by atoms with Crippen molar-refractivity contribution < 1.29 is 14.0 Å². The summed E-state index contributed by atoms with van der Waals surface area (Å²) in [6.07, 6.45) is 8.87. The number of carbonyl (C=O) groups excluding carboxylic acids is 2. The molecule has 4 rings (SSSR count). The van der Waals surface area contributed by atoms with Gasteiger partial charge in [0.1, 0.15) is 0 Å². The fraction of sp³-hybridized carbons (Fsp3) is 0.455. The van der Waals surface area contributed by atoms with Gasteiger partial charge in [0.15, 0.2) is 11.5 Å². The van der Waals surface area contributed by atoms with Gasteiger partial charge in [-0.1, -0.05) is 6.07 Å². The molecule has 2 aliphatic rings. The van der Waals surface area contributed by atoms with E-state index in [4.69, 9.17) is 0 Å². The van der Waals surface area contributed by atoms with Crippen LogP contribution in [-0.2, 0) is 11.2 Å². The van der Waals surface area contributed by atoms with Gasteiger partial charge in [-0.15, -0.1) is 0 Å². The maximum Gasteiger partial charge on any atom is 0.275 e. The SMILES string of the molecule is O=C1CCC2(CCN(C(=O)c3ncccc3F)CC2)CN1CCc1cccnc1. The topological polar surface area (TPSA) is 66.4 Å². The highest BCUT2D eigenvalue weighted by Crippen LogP contribution is 2.40. The molecule has 2 aliphatic heterocycles. The van der Waals surface area contributed by atoms with Crippen LogP contribution in [0.5, 0.6) is 0 Å². The van der Waals surface area contributed by atoms with E-state index in [9.17, 15) is 14.0 Å². The fourth-order valence-corrected chi connectivity index (χ4v) is 4.40. The Morgan fingerprint density at radius 1 is 1.14 bits per heavy atom. The van der Waals surface area contributed by atoms with Crippen LogP contribution in [0.2, 0.25) is 0 Å². The molecule has 0 aliphatic carbocycles. The molecule has 0 saturated carbocycles. The van der Waals surface area contributed by atoms with E-state index >= 15 is 0 Å². The number of hydrogen-bond donors (Lipinski definition) is 0. The molecule has 2 saturated heterocycles. The smallest absolute Gasteiger partial charge is 0.275 e. The van der Waals surface area contributed by atoms with E-state index in [0.29, 0.717) is 26.1 Å². The number of amides is 2. The van der Waals surface area contributed by atoms with Crippen LogP contribution in [0.3, 0.4) is 0 Å². The van der Waals surface area contributed by atoms with Gasteiger partial charge < -0.3 is 9.80 Å². The highest BCUT2D eigenvalue weighted by Gasteiger charge is 2.41. The molecule has 2 fully saturated rings. The van der Waals surface area contributed by atoms with Crippen molar-refractivity contribution in [3.63, 3.8) is 0 Å². The van der Waals surface area contributed by atoms with E-state index in [2.05, 4.69) is 9.97 Å². The van der Waals surface area contributed by atoms with Gasteiger partial charge in [0.25, 0.3) is 5.91 Å². The van der Waals surface area contributed by atoms with Crippen LogP contribution < -0.4 is 0 Å². The number of rotatable bonds is 4. The molecule has 6 nitrogen and oxygen atoms in total. The molecule has 29 heavy (non-hydrogen) atoms. The summed E-state index contributed by atoms with van der Waals surface area (Å²) in [5, 5.41) is 0. The first-order chi connectivity index (χ1) is 14.1. The summed E-state index contributed by atoms with van der Waals surface area (Å²) >= 11 is 0. The van der Waals surface area contributed by atoms with Crippen LogP contribution >= 0.6 is 0 Å². The summed E-state index contributed by atoms with van der Waals surface area (Å²) in [6, 6.07) is 6.68. The summed E-state index contributed by atoms with van der Waals surface area (Å²) in [7, 11) is 0. The molecule has 0 radical (unpaired) electrons. The highest BCUT2D eigenvalue weighted by molar-refractivity contribution is 5.92. The molecule has 0 atom stereocenters. The van der Waals surface area contributed by atoms with Crippen molar-refractivity contribution in [1.29, 1.82) is 0 Å². The zero-order valence-electron chi connectivity index (χ0n) is 16.4. The van der Waals surface area contributed by atoms with Crippen LogP contribution in [0.15, 0.2) is 42.9 Å². The van der Waals surface area contributed by atoms with E-state index < -0.39 is 5.82 Å². The monoisotopic (exact) mass is 396 g/mol. The van der Waals surface area contributed by atoms with Gasteiger partial charge in [0, 0.05) is 51.2 Å². The van der Waals surface area contributed by atoms with Crippen molar-refractivity contribution in [3.05, 3.63) is 59.9 Å². The molecular weight excluding hydrogens is 371 g/mol. The van der Waals surface area contributed by atoms with Crippen molar-refractivity contribution in [2.75, 3.05) is 26.2 Å². The minimum absolute atomic E-state index is 0.0439. The first-order valence-corrected chi connectivity index (χ1v) is 10.1. The van der Waals surface area contributed by atoms with Crippen molar-refractivity contribution in [3.8, 4) is 0 Å². The van der Waals surface area contributed by atoms with E-state index in [1.165, 1.54) is 18.3 Å². The summed E-state index contributed by atoms with van der Waals surface area (Å²) in [6.45, 7) is 2.55. The quantitative estimate of drug-likeness (QED) is 0.797. The molecule has 7 heteroatoms. The number of pyridine rings is 2. The second kappa shape index (κ2) is 8.27. The second-order valence-corrected chi connectivity index (χ2v) is 8.05. The third-order valence-corrected chi connectivity index (χ3v) is 6.21. The van der Waals surface area contributed by atoms with Crippen LogP contribution in [0.25, 0.3) is 0 Å². The number of hydrogen-bond acceptors (Lipinski definition) is 4. The van der Waals surface area contributed by atoms with Crippen LogP contribution in [0, 0.1) is 11.2 Å². The third kappa shape index (κ3) is 4.28. The number of piperidine rings is 2. The molecule has 2 aromatic rings. The molecule has 0 unspecified atom stereocenters.